The van der Waals surface area contributed by atoms with Crippen molar-refractivity contribution in [2.45, 2.75) is 205 Å². The zero-order valence-electron chi connectivity index (χ0n) is 28.5. The third-order valence-corrected chi connectivity index (χ3v) is 11.9. The second kappa shape index (κ2) is 34.5. The Balaban J connectivity index is 3.12. The van der Waals surface area contributed by atoms with Gasteiger partial charge in [0.1, 0.15) is 0 Å². The van der Waals surface area contributed by atoms with Crippen LogP contribution in [0.2, 0.25) is 6.04 Å². The maximum absolute atomic E-state index is 8.79. The summed E-state index contributed by atoms with van der Waals surface area (Å²) in [6.45, 7) is 0.370. The Bertz CT molecular complexity index is 464. The van der Waals surface area contributed by atoms with Crippen molar-refractivity contribution < 1.29 is 18.4 Å². The third kappa shape index (κ3) is 29.9. The van der Waals surface area contributed by atoms with E-state index in [2.05, 4.69) is 0 Å². The fraction of sp³-hybridized carbons (Fsp3) is 1.00. The highest BCUT2D eigenvalue weighted by atomic mass is 28.4. The lowest BCUT2D eigenvalue weighted by atomic mass is 10.0. The highest BCUT2D eigenvalue weighted by molar-refractivity contribution is 6.60. The molecule has 0 unspecified atom stereocenters. The maximum atomic E-state index is 8.79. The summed E-state index contributed by atoms with van der Waals surface area (Å²) in [5.41, 5.74) is 0. The van der Waals surface area contributed by atoms with E-state index in [1.165, 1.54) is 186 Å². The van der Waals surface area contributed by atoms with E-state index >= 15 is 0 Å². The smallest absolute Gasteiger partial charge is 0.396 e. The lowest BCUT2D eigenvalue weighted by Gasteiger charge is -2.24. The van der Waals surface area contributed by atoms with Gasteiger partial charge in [0.05, 0.1) is 0 Å². The molecule has 0 amide bonds. The number of rotatable bonds is 36. The van der Waals surface area contributed by atoms with Crippen molar-refractivity contribution >= 4 is 8.80 Å². The summed E-state index contributed by atoms with van der Waals surface area (Å²) in [6.07, 6.45) is 43.3. The monoisotopic (exact) mass is 601 g/mol. The van der Waals surface area contributed by atoms with Crippen LogP contribution in [0.4, 0.5) is 0 Å². The molecule has 41 heavy (non-hydrogen) atoms. The van der Waals surface area contributed by atoms with Crippen molar-refractivity contribution in [1.82, 2.24) is 0 Å². The van der Waals surface area contributed by atoms with Gasteiger partial charge < -0.3 is 18.4 Å². The van der Waals surface area contributed by atoms with Gasteiger partial charge in [-0.3, -0.25) is 0 Å². The fourth-order valence-corrected chi connectivity index (χ4v) is 7.93. The molecular weight excluding hydrogens is 524 g/mol. The van der Waals surface area contributed by atoms with Gasteiger partial charge in [0, 0.05) is 34.0 Å². The lowest BCUT2D eigenvalue weighted by Crippen LogP contribution is -2.42. The molecule has 0 saturated heterocycles. The second-order valence-electron chi connectivity index (χ2n) is 12.7. The minimum Gasteiger partial charge on any atom is -0.396 e. The molecule has 248 valence electrons. The summed E-state index contributed by atoms with van der Waals surface area (Å²) in [6, 6.07) is 0.937. The van der Waals surface area contributed by atoms with Gasteiger partial charge in [0.25, 0.3) is 0 Å². The first-order chi connectivity index (χ1) is 20.2. The van der Waals surface area contributed by atoms with Crippen molar-refractivity contribution in [1.29, 1.82) is 0 Å². The van der Waals surface area contributed by atoms with Crippen LogP contribution in [-0.4, -0.2) is 41.8 Å². The molecule has 0 spiro atoms. The molecule has 4 nitrogen and oxygen atoms in total. The van der Waals surface area contributed by atoms with E-state index < -0.39 is 8.80 Å². The van der Waals surface area contributed by atoms with Crippen LogP contribution in [0, 0.1) is 0 Å². The Hall–Kier alpha value is 0.0569. The van der Waals surface area contributed by atoms with Crippen LogP contribution in [0.5, 0.6) is 0 Å². The molecule has 0 heterocycles. The average Bonchev–Trinajstić information content (AvgIpc) is 3.00. The first-order valence-corrected chi connectivity index (χ1v) is 20.4. The molecule has 0 aromatic heterocycles. The van der Waals surface area contributed by atoms with Gasteiger partial charge in [-0.25, -0.2) is 0 Å². The van der Waals surface area contributed by atoms with Crippen LogP contribution in [0.3, 0.4) is 0 Å². The van der Waals surface area contributed by atoms with E-state index in [1.807, 2.05) is 0 Å². The van der Waals surface area contributed by atoms with Gasteiger partial charge in [0.2, 0.25) is 0 Å². The Kier molecular flexibility index (Phi) is 34.6. The largest absolute Gasteiger partial charge is 0.500 e. The SMILES string of the molecule is CO[Si](CCCCCCCCCCCCCCCCCCCCCCCCCCCCCCCCCO)(OC)OC. The molecule has 0 rings (SSSR count). The van der Waals surface area contributed by atoms with Crippen LogP contribution in [0.15, 0.2) is 0 Å². The van der Waals surface area contributed by atoms with Gasteiger partial charge >= 0.3 is 8.80 Å². The van der Waals surface area contributed by atoms with Gasteiger partial charge in [-0.05, 0) is 12.8 Å². The second-order valence-corrected chi connectivity index (χ2v) is 15.8. The molecule has 5 heteroatoms. The molecule has 0 aliphatic heterocycles. The van der Waals surface area contributed by atoms with E-state index in [0.717, 1.165) is 18.9 Å². The van der Waals surface area contributed by atoms with Crippen molar-refractivity contribution in [3.63, 3.8) is 0 Å². The number of aliphatic hydroxyl groups is 1. The molecule has 0 bridgehead atoms. The van der Waals surface area contributed by atoms with E-state index in [1.54, 1.807) is 21.3 Å². The zero-order chi connectivity index (χ0) is 30.0. The van der Waals surface area contributed by atoms with E-state index in [0.29, 0.717) is 6.61 Å². The summed E-state index contributed by atoms with van der Waals surface area (Å²) >= 11 is 0. The van der Waals surface area contributed by atoms with Gasteiger partial charge in [-0.15, -0.1) is 0 Å². The first kappa shape index (κ1) is 41.1. The Morgan fingerprint density at radius 2 is 0.463 bits per heavy atom. The predicted molar refractivity (Wildman–Crippen MR) is 182 cm³/mol. The topological polar surface area (TPSA) is 47.9 Å². The highest BCUT2D eigenvalue weighted by Crippen LogP contribution is 2.19. The van der Waals surface area contributed by atoms with Crippen molar-refractivity contribution in [2.75, 3.05) is 27.9 Å². The van der Waals surface area contributed by atoms with Crippen LogP contribution < -0.4 is 0 Å². The Labute approximate surface area is 259 Å². The molecule has 0 aromatic carbocycles. The molecule has 1 N–H and O–H groups in total. The summed E-state index contributed by atoms with van der Waals surface area (Å²) in [4.78, 5) is 0. The molecule has 0 radical (unpaired) electrons. The molecule has 0 fully saturated rings. The minimum atomic E-state index is -2.35. The van der Waals surface area contributed by atoms with Crippen LogP contribution >= 0.6 is 0 Å². The van der Waals surface area contributed by atoms with Crippen LogP contribution in [0.25, 0.3) is 0 Å². The summed E-state index contributed by atoms with van der Waals surface area (Å²) < 4.78 is 16.5. The average molecular weight is 601 g/mol. The number of hydrogen-bond acceptors (Lipinski definition) is 4. The van der Waals surface area contributed by atoms with Crippen LogP contribution in [-0.2, 0) is 13.3 Å². The highest BCUT2D eigenvalue weighted by Gasteiger charge is 2.36. The molecule has 0 aliphatic rings. The lowest BCUT2D eigenvalue weighted by molar-refractivity contribution is 0.122. The van der Waals surface area contributed by atoms with Gasteiger partial charge in [-0.2, -0.15) is 0 Å². The normalized spacial score (nSPS) is 12.0. The zero-order valence-corrected chi connectivity index (χ0v) is 29.5. The first-order valence-electron chi connectivity index (χ1n) is 18.5. The van der Waals surface area contributed by atoms with Crippen LogP contribution in [0.1, 0.15) is 199 Å². The molecule has 0 atom stereocenters. The quantitative estimate of drug-likeness (QED) is 0.0574. The van der Waals surface area contributed by atoms with E-state index in [-0.39, 0.29) is 0 Å². The maximum Gasteiger partial charge on any atom is 0.500 e. The van der Waals surface area contributed by atoms with Gasteiger partial charge in [0.15, 0.2) is 0 Å². The van der Waals surface area contributed by atoms with Gasteiger partial charge in [-0.1, -0.05) is 186 Å². The molecule has 0 saturated carbocycles. The fourth-order valence-electron chi connectivity index (χ4n) is 6.14. The van der Waals surface area contributed by atoms with Crippen molar-refractivity contribution in [3.8, 4) is 0 Å². The number of unbranched alkanes of at least 4 members (excludes halogenated alkanes) is 30. The molecule has 0 aliphatic carbocycles. The van der Waals surface area contributed by atoms with Crippen molar-refractivity contribution in [3.05, 3.63) is 0 Å². The Morgan fingerprint density at radius 1 is 0.293 bits per heavy atom. The minimum absolute atomic E-state index is 0.370. The van der Waals surface area contributed by atoms with E-state index in [4.69, 9.17) is 18.4 Å². The van der Waals surface area contributed by atoms with Crippen molar-refractivity contribution in [2.24, 2.45) is 0 Å². The summed E-state index contributed by atoms with van der Waals surface area (Å²) in [5.74, 6) is 0. The predicted octanol–water partition coefficient (Wildman–Crippen LogP) is 11.9. The van der Waals surface area contributed by atoms with E-state index in [9.17, 15) is 0 Å². The summed E-state index contributed by atoms with van der Waals surface area (Å²) in [5, 5.41) is 8.79. The standard InChI is InChI=1S/C36H76O4Si/c1-38-41(39-2,40-3)36-34-32-30-28-26-24-22-20-18-16-14-12-10-8-6-4-5-7-9-11-13-15-17-19-21-23-25-27-29-31-33-35-37/h37H,4-36H2,1-3H3. The number of hydrogen-bond donors (Lipinski definition) is 1. The third-order valence-electron chi connectivity index (χ3n) is 9.07. The molecule has 0 aromatic rings. The Morgan fingerprint density at radius 3 is 0.634 bits per heavy atom. The summed E-state index contributed by atoms with van der Waals surface area (Å²) in [7, 11) is 2.78. The molecular formula is C36H76O4Si. The number of aliphatic hydroxyl groups excluding tert-OH is 1.